The number of halogens is 1. The molecule has 0 aliphatic rings. The van der Waals surface area contributed by atoms with E-state index in [4.69, 9.17) is 0 Å². The van der Waals surface area contributed by atoms with E-state index in [0.29, 0.717) is 10.2 Å². The summed E-state index contributed by atoms with van der Waals surface area (Å²) >= 11 is 3.16. The largest absolute Gasteiger partial charge is 0.328 e. The van der Waals surface area contributed by atoms with Gasteiger partial charge in [0.15, 0.2) is 0 Å². The summed E-state index contributed by atoms with van der Waals surface area (Å²) in [7, 11) is 0. The predicted octanol–water partition coefficient (Wildman–Crippen LogP) is 1.58. The lowest BCUT2D eigenvalue weighted by Gasteiger charge is -2.12. The van der Waals surface area contributed by atoms with Gasteiger partial charge in [0.05, 0.1) is 0 Å². The van der Waals surface area contributed by atoms with E-state index in [1.165, 1.54) is 4.57 Å². The van der Waals surface area contributed by atoms with Crippen molar-refractivity contribution in [1.82, 2.24) is 9.55 Å². The van der Waals surface area contributed by atoms with E-state index in [2.05, 4.69) is 20.9 Å². The van der Waals surface area contributed by atoms with Crippen LogP contribution in [0.5, 0.6) is 0 Å². The van der Waals surface area contributed by atoms with Gasteiger partial charge in [-0.25, -0.2) is 4.79 Å². The van der Waals surface area contributed by atoms with E-state index >= 15 is 0 Å². The topological polar surface area (TPSA) is 54.9 Å². The van der Waals surface area contributed by atoms with Crippen molar-refractivity contribution < 1.29 is 0 Å². The van der Waals surface area contributed by atoms with Crippen molar-refractivity contribution in [2.45, 2.75) is 33.2 Å². The van der Waals surface area contributed by atoms with E-state index in [9.17, 15) is 9.59 Å². The lowest BCUT2D eigenvalue weighted by molar-refractivity contribution is 0.486. The summed E-state index contributed by atoms with van der Waals surface area (Å²) in [5.41, 5.74) is -0.0368. The molecule has 78 valence electrons. The SMILES string of the molecule is CC[C@@H](C)n1c(=O)[nH]c(C)c(Br)c1=O. The van der Waals surface area contributed by atoms with Gasteiger partial charge in [-0.3, -0.25) is 9.36 Å². The minimum Gasteiger partial charge on any atom is -0.310 e. The molecule has 0 bridgehead atoms. The normalized spacial score (nSPS) is 12.9. The summed E-state index contributed by atoms with van der Waals surface area (Å²) in [6.45, 7) is 5.47. The van der Waals surface area contributed by atoms with Crippen LogP contribution in [0.3, 0.4) is 0 Å². The Kier molecular flexibility index (Phi) is 3.31. The number of aromatic nitrogens is 2. The fourth-order valence-corrected chi connectivity index (χ4v) is 1.51. The molecule has 0 amide bonds. The molecule has 1 aromatic rings. The highest BCUT2D eigenvalue weighted by atomic mass is 79.9. The maximum Gasteiger partial charge on any atom is 0.328 e. The smallest absolute Gasteiger partial charge is 0.310 e. The van der Waals surface area contributed by atoms with Gasteiger partial charge < -0.3 is 4.98 Å². The van der Waals surface area contributed by atoms with Gasteiger partial charge in [0, 0.05) is 11.7 Å². The molecule has 1 aromatic heterocycles. The lowest BCUT2D eigenvalue weighted by atomic mass is 10.2. The summed E-state index contributed by atoms with van der Waals surface area (Å²) in [6, 6.07) is -0.0804. The highest BCUT2D eigenvalue weighted by Gasteiger charge is 2.12. The van der Waals surface area contributed by atoms with Crippen LogP contribution in [0.25, 0.3) is 0 Å². The summed E-state index contributed by atoms with van der Waals surface area (Å²) in [5.74, 6) is 0. The van der Waals surface area contributed by atoms with Crippen LogP contribution in [-0.4, -0.2) is 9.55 Å². The fourth-order valence-electron chi connectivity index (χ4n) is 1.22. The molecule has 0 aliphatic heterocycles. The molecule has 0 aliphatic carbocycles. The summed E-state index contributed by atoms with van der Waals surface area (Å²) < 4.78 is 1.66. The number of hydrogen-bond donors (Lipinski definition) is 1. The molecule has 5 heteroatoms. The Morgan fingerprint density at radius 1 is 1.50 bits per heavy atom. The van der Waals surface area contributed by atoms with Crippen molar-refractivity contribution in [2.75, 3.05) is 0 Å². The molecule has 1 rings (SSSR count). The van der Waals surface area contributed by atoms with Crippen molar-refractivity contribution in [3.63, 3.8) is 0 Å². The molecule has 0 unspecified atom stereocenters. The minimum atomic E-state index is -0.343. The fraction of sp³-hybridized carbons (Fsp3) is 0.556. The van der Waals surface area contributed by atoms with Gasteiger partial charge in [-0.15, -0.1) is 0 Å². The second-order valence-corrected chi connectivity index (χ2v) is 4.09. The molecule has 1 atom stereocenters. The number of nitrogens with one attached hydrogen (secondary N) is 1. The van der Waals surface area contributed by atoms with Gasteiger partial charge in [-0.05, 0) is 36.2 Å². The Bertz CT molecular complexity index is 447. The number of hydrogen-bond acceptors (Lipinski definition) is 2. The molecule has 0 radical (unpaired) electrons. The Morgan fingerprint density at radius 2 is 2.07 bits per heavy atom. The van der Waals surface area contributed by atoms with E-state index in [0.717, 1.165) is 6.42 Å². The monoisotopic (exact) mass is 260 g/mol. The van der Waals surface area contributed by atoms with Gasteiger partial charge in [-0.1, -0.05) is 6.92 Å². The first-order valence-electron chi connectivity index (χ1n) is 4.50. The number of H-pyrrole nitrogens is 1. The van der Waals surface area contributed by atoms with Crippen LogP contribution in [0.15, 0.2) is 14.1 Å². The Hall–Kier alpha value is -0.840. The maximum absolute atomic E-state index is 11.7. The van der Waals surface area contributed by atoms with Crippen LogP contribution in [-0.2, 0) is 0 Å². The third-order valence-electron chi connectivity index (χ3n) is 2.28. The van der Waals surface area contributed by atoms with Gasteiger partial charge in [0.25, 0.3) is 5.56 Å². The van der Waals surface area contributed by atoms with Crippen LogP contribution in [0, 0.1) is 6.92 Å². The predicted molar refractivity (Wildman–Crippen MR) is 58.8 cm³/mol. The Labute approximate surface area is 90.1 Å². The third-order valence-corrected chi connectivity index (χ3v) is 3.21. The van der Waals surface area contributed by atoms with Crippen LogP contribution >= 0.6 is 15.9 Å². The minimum absolute atomic E-state index is 0.0804. The first-order chi connectivity index (χ1) is 6.49. The van der Waals surface area contributed by atoms with Crippen molar-refractivity contribution in [1.29, 1.82) is 0 Å². The average Bonchev–Trinajstić information content (AvgIpc) is 2.14. The maximum atomic E-state index is 11.7. The number of nitrogens with zero attached hydrogens (tertiary/aromatic N) is 1. The van der Waals surface area contributed by atoms with Crippen molar-refractivity contribution in [3.8, 4) is 0 Å². The molecule has 14 heavy (non-hydrogen) atoms. The molecule has 0 fully saturated rings. The number of aromatic amines is 1. The van der Waals surface area contributed by atoms with Crippen LogP contribution < -0.4 is 11.2 Å². The average molecular weight is 261 g/mol. The number of aryl methyl sites for hydroxylation is 1. The molecule has 0 spiro atoms. The highest BCUT2D eigenvalue weighted by molar-refractivity contribution is 9.10. The van der Waals surface area contributed by atoms with E-state index in [1.54, 1.807) is 6.92 Å². The summed E-state index contributed by atoms with van der Waals surface area (Å²) in [6.07, 6.45) is 0.748. The highest BCUT2D eigenvalue weighted by Crippen LogP contribution is 2.08. The first-order valence-corrected chi connectivity index (χ1v) is 5.29. The standard InChI is InChI=1S/C9H13BrN2O2/c1-4-5(2)12-8(13)7(10)6(3)11-9(12)14/h5H,4H2,1-3H3,(H,11,14)/t5-/m1/s1. The second-order valence-electron chi connectivity index (χ2n) is 3.30. The van der Waals surface area contributed by atoms with E-state index in [1.807, 2.05) is 13.8 Å². The molecule has 1 N–H and O–H groups in total. The second kappa shape index (κ2) is 4.13. The van der Waals surface area contributed by atoms with Crippen LogP contribution in [0.1, 0.15) is 32.0 Å². The third kappa shape index (κ3) is 1.82. The first kappa shape index (κ1) is 11.2. The van der Waals surface area contributed by atoms with Crippen LogP contribution in [0.2, 0.25) is 0 Å². The Morgan fingerprint density at radius 3 is 2.57 bits per heavy atom. The zero-order chi connectivity index (χ0) is 10.9. The summed E-state index contributed by atoms with van der Waals surface area (Å²) in [5, 5.41) is 0. The van der Waals surface area contributed by atoms with Gasteiger partial charge >= 0.3 is 5.69 Å². The molecule has 0 saturated carbocycles. The van der Waals surface area contributed by atoms with Gasteiger partial charge in [-0.2, -0.15) is 0 Å². The summed E-state index contributed by atoms with van der Waals surface area (Å²) in [4.78, 5) is 25.8. The van der Waals surface area contributed by atoms with Crippen LogP contribution in [0.4, 0.5) is 0 Å². The molecular formula is C9H13BrN2O2. The molecule has 0 aromatic carbocycles. The van der Waals surface area contributed by atoms with Crippen molar-refractivity contribution in [2.24, 2.45) is 0 Å². The molecule has 0 saturated heterocycles. The Balaban J connectivity index is 3.53. The van der Waals surface area contributed by atoms with Gasteiger partial charge in [0.2, 0.25) is 0 Å². The van der Waals surface area contributed by atoms with E-state index < -0.39 is 0 Å². The van der Waals surface area contributed by atoms with Gasteiger partial charge in [0.1, 0.15) is 4.47 Å². The van der Waals surface area contributed by atoms with Crippen molar-refractivity contribution in [3.05, 3.63) is 31.0 Å². The van der Waals surface area contributed by atoms with E-state index in [-0.39, 0.29) is 17.3 Å². The van der Waals surface area contributed by atoms with Crippen molar-refractivity contribution >= 4 is 15.9 Å². The molecule has 4 nitrogen and oxygen atoms in total. The zero-order valence-corrected chi connectivity index (χ0v) is 10.0. The molecule has 1 heterocycles. The number of rotatable bonds is 2. The molecular weight excluding hydrogens is 248 g/mol. The quantitative estimate of drug-likeness (QED) is 0.878. The lowest BCUT2D eigenvalue weighted by Crippen LogP contribution is -2.38. The zero-order valence-electron chi connectivity index (χ0n) is 8.43.